The molecular weight excluding hydrogens is 452 g/mol. The third kappa shape index (κ3) is 4.70. The largest absolute Gasteiger partial charge is 0.477 e. The zero-order valence-electron chi connectivity index (χ0n) is 18.6. The normalized spacial score (nSPS) is 12.7. The van der Waals surface area contributed by atoms with Crippen LogP contribution in [0.5, 0.6) is 0 Å². The van der Waals surface area contributed by atoms with Crippen LogP contribution >= 0.6 is 11.3 Å². The molecule has 35 heavy (non-hydrogen) atoms. The highest BCUT2D eigenvalue weighted by molar-refractivity contribution is 7.13. The van der Waals surface area contributed by atoms with E-state index in [2.05, 4.69) is 89.8 Å². The van der Waals surface area contributed by atoms with Crippen molar-refractivity contribution < 1.29 is 9.90 Å². The van der Waals surface area contributed by atoms with E-state index in [1.807, 2.05) is 24.3 Å². The summed E-state index contributed by atoms with van der Waals surface area (Å²) in [4.78, 5) is 15.0. The highest BCUT2D eigenvalue weighted by Crippen LogP contribution is 2.41. The van der Waals surface area contributed by atoms with Crippen LogP contribution in [-0.4, -0.2) is 11.1 Å². The molecule has 0 saturated heterocycles. The van der Waals surface area contributed by atoms with E-state index in [0.717, 1.165) is 43.5 Å². The molecule has 0 fully saturated rings. The summed E-state index contributed by atoms with van der Waals surface area (Å²) in [5.41, 5.74) is 6.45. The van der Waals surface area contributed by atoms with E-state index in [4.69, 9.17) is 10.4 Å². The molecule has 1 aliphatic rings. The molecule has 4 nitrogen and oxygen atoms in total. The van der Waals surface area contributed by atoms with Crippen LogP contribution in [-0.2, 0) is 4.79 Å². The standard InChI is InChI=1S/C30H20N2O2S/c31-20-24(30(33)34)19-27-18-17-26(35-27)16-11-21-9-14-25(15-10-21)32-28-7-3-1-5-22(28)12-13-23-6-2-4-8-29(23)32/h1-19H,(H,33,34)/b16-11+,24-19+. The van der Waals surface area contributed by atoms with Crippen molar-refractivity contribution in [2.24, 2.45) is 0 Å². The van der Waals surface area contributed by atoms with E-state index in [1.165, 1.54) is 17.4 Å². The summed E-state index contributed by atoms with van der Waals surface area (Å²) >= 11 is 1.43. The Morgan fingerprint density at radius 2 is 1.40 bits per heavy atom. The number of nitriles is 1. The van der Waals surface area contributed by atoms with Crippen molar-refractivity contribution in [3.8, 4) is 6.07 Å². The number of thiophene rings is 1. The van der Waals surface area contributed by atoms with Crippen LogP contribution in [0.3, 0.4) is 0 Å². The van der Waals surface area contributed by atoms with Crippen molar-refractivity contribution in [1.82, 2.24) is 0 Å². The first-order valence-electron chi connectivity index (χ1n) is 11.0. The third-order valence-electron chi connectivity index (χ3n) is 5.67. The van der Waals surface area contributed by atoms with Crippen LogP contribution in [0.1, 0.15) is 26.4 Å². The van der Waals surface area contributed by atoms with Gasteiger partial charge in [0.1, 0.15) is 11.6 Å². The molecule has 0 unspecified atom stereocenters. The second-order valence-corrected chi connectivity index (χ2v) is 9.07. The Morgan fingerprint density at radius 1 is 0.800 bits per heavy atom. The average Bonchev–Trinajstić information content (AvgIpc) is 3.27. The number of carbonyl (C=O) groups is 1. The maximum Gasteiger partial charge on any atom is 0.346 e. The Bertz CT molecular complexity index is 1490. The number of benzene rings is 3. The third-order valence-corrected chi connectivity index (χ3v) is 6.67. The number of anilines is 3. The van der Waals surface area contributed by atoms with Gasteiger partial charge in [-0.25, -0.2) is 4.79 Å². The number of carboxylic acid groups (broad SMARTS) is 1. The van der Waals surface area contributed by atoms with Gasteiger partial charge in [0.15, 0.2) is 0 Å². The first kappa shape index (κ1) is 22.1. The molecule has 1 aliphatic heterocycles. The molecule has 0 radical (unpaired) electrons. The zero-order chi connectivity index (χ0) is 24.2. The lowest BCUT2D eigenvalue weighted by Crippen LogP contribution is -2.11. The maximum absolute atomic E-state index is 11.0. The Labute approximate surface area is 207 Å². The predicted molar refractivity (Wildman–Crippen MR) is 145 cm³/mol. The number of fused-ring (bicyclic) bond motifs is 2. The first-order chi connectivity index (χ1) is 17.1. The Kier molecular flexibility index (Phi) is 6.13. The SMILES string of the molecule is N#C/C(=C\c1ccc(/C=C/c2ccc(N3c4ccccc4C=Cc4ccccc43)cc2)s1)C(=O)O. The van der Waals surface area contributed by atoms with Gasteiger partial charge in [-0.3, -0.25) is 0 Å². The number of para-hydroxylation sites is 2. The van der Waals surface area contributed by atoms with Gasteiger partial charge in [-0.15, -0.1) is 11.3 Å². The van der Waals surface area contributed by atoms with E-state index in [-0.39, 0.29) is 5.57 Å². The molecule has 168 valence electrons. The Hall–Kier alpha value is -4.66. The van der Waals surface area contributed by atoms with Gasteiger partial charge in [0, 0.05) is 15.4 Å². The smallest absolute Gasteiger partial charge is 0.346 e. The molecule has 0 saturated carbocycles. The van der Waals surface area contributed by atoms with Crippen LogP contribution < -0.4 is 4.90 Å². The van der Waals surface area contributed by atoms with Crippen molar-refractivity contribution in [2.45, 2.75) is 0 Å². The molecule has 5 rings (SSSR count). The maximum atomic E-state index is 11.0. The van der Waals surface area contributed by atoms with Crippen LogP contribution in [0.2, 0.25) is 0 Å². The highest BCUT2D eigenvalue weighted by Gasteiger charge is 2.19. The second-order valence-electron chi connectivity index (χ2n) is 7.93. The zero-order valence-corrected chi connectivity index (χ0v) is 19.4. The molecule has 3 aromatic carbocycles. The van der Waals surface area contributed by atoms with Crippen molar-refractivity contribution >= 4 is 64.7 Å². The summed E-state index contributed by atoms with van der Waals surface area (Å²) < 4.78 is 0. The van der Waals surface area contributed by atoms with E-state index in [9.17, 15) is 4.79 Å². The van der Waals surface area contributed by atoms with E-state index < -0.39 is 5.97 Å². The summed E-state index contributed by atoms with van der Waals surface area (Å²) in [6.45, 7) is 0. The molecule has 5 heteroatoms. The molecule has 0 aliphatic carbocycles. The fraction of sp³-hybridized carbons (Fsp3) is 0. The van der Waals surface area contributed by atoms with Crippen molar-refractivity contribution in [2.75, 3.05) is 4.90 Å². The minimum absolute atomic E-state index is 0.273. The van der Waals surface area contributed by atoms with Crippen molar-refractivity contribution in [3.05, 3.63) is 117 Å². The topological polar surface area (TPSA) is 64.3 Å². The number of aliphatic carboxylic acids is 1. The van der Waals surface area contributed by atoms with Crippen LogP contribution in [0, 0.1) is 11.3 Å². The second kappa shape index (κ2) is 9.68. The van der Waals surface area contributed by atoms with E-state index in [0.29, 0.717) is 0 Å². The summed E-state index contributed by atoms with van der Waals surface area (Å²) in [6, 6.07) is 30.6. The molecule has 1 aromatic heterocycles. The van der Waals surface area contributed by atoms with E-state index >= 15 is 0 Å². The quantitative estimate of drug-likeness (QED) is 0.209. The van der Waals surface area contributed by atoms with Gasteiger partial charge in [0.05, 0.1) is 11.4 Å². The predicted octanol–water partition coefficient (Wildman–Crippen LogP) is 7.86. The fourth-order valence-electron chi connectivity index (χ4n) is 3.98. The number of hydrogen-bond donors (Lipinski definition) is 1. The summed E-state index contributed by atoms with van der Waals surface area (Å²) in [7, 11) is 0. The van der Waals surface area contributed by atoms with Gasteiger partial charge in [-0.2, -0.15) is 5.26 Å². The van der Waals surface area contributed by atoms with Crippen LogP contribution in [0.4, 0.5) is 17.1 Å². The molecule has 1 N–H and O–H groups in total. The van der Waals surface area contributed by atoms with Crippen LogP contribution in [0.25, 0.3) is 30.4 Å². The van der Waals surface area contributed by atoms with Gasteiger partial charge in [-0.1, -0.05) is 66.8 Å². The van der Waals surface area contributed by atoms with Gasteiger partial charge in [0.25, 0.3) is 0 Å². The lowest BCUT2D eigenvalue weighted by molar-refractivity contribution is -0.132. The molecule has 0 atom stereocenters. The summed E-state index contributed by atoms with van der Waals surface area (Å²) in [5, 5.41) is 18.0. The lowest BCUT2D eigenvalue weighted by atomic mass is 10.1. The lowest BCUT2D eigenvalue weighted by Gasteiger charge is -2.27. The monoisotopic (exact) mass is 472 g/mol. The molecular formula is C30H20N2O2S. The molecule has 0 spiro atoms. The number of rotatable bonds is 5. The van der Waals surface area contributed by atoms with Gasteiger partial charge in [0.2, 0.25) is 0 Å². The minimum atomic E-state index is -1.22. The fourth-order valence-corrected chi connectivity index (χ4v) is 4.84. The van der Waals surface area contributed by atoms with Gasteiger partial charge < -0.3 is 10.0 Å². The number of hydrogen-bond acceptors (Lipinski definition) is 4. The van der Waals surface area contributed by atoms with Crippen molar-refractivity contribution in [1.29, 1.82) is 5.26 Å². The Balaban J connectivity index is 1.42. The van der Waals surface area contributed by atoms with Gasteiger partial charge >= 0.3 is 5.97 Å². The summed E-state index contributed by atoms with van der Waals surface area (Å²) in [5.74, 6) is -1.22. The average molecular weight is 473 g/mol. The minimum Gasteiger partial charge on any atom is -0.477 e. The molecule has 0 bridgehead atoms. The molecule has 0 amide bonds. The highest BCUT2D eigenvalue weighted by atomic mass is 32.1. The number of nitrogens with zero attached hydrogens (tertiary/aromatic N) is 2. The van der Waals surface area contributed by atoms with Crippen molar-refractivity contribution in [3.63, 3.8) is 0 Å². The molecule has 4 aromatic rings. The number of carboxylic acids is 1. The van der Waals surface area contributed by atoms with Crippen LogP contribution in [0.15, 0.2) is 90.5 Å². The van der Waals surface area contributed by atoms with E-state index in [1.54, 1.807) is 6.07 Å². The first-order valence-corrected chi connectivity index (χ1v) is 11.8. The molecule has 2 heterocycles. The summed E-state index contributed by atoms with van der Waals surface area (Å²) in [6.07, 6.45) is 9.73. The Morgan fingerprint density at radius 3 is 2.00 bits per heavy atom. The van der Waals surface area contributed by atoms with Gasteiger partial charge in [-0.05, 0) is 65.2 Å².